The summed E-state index contributed by atoms with van der Waals surface area (Å²) < 4.78 is 13.5. The second kappa shape index (κ2) is 5.68. The number of nitrogens with one attached hydrogen (secondary N) is 2. The van der Waals surface area contributed by atoms with Crippen LogP contribution in [-0.2, 0) is 9.59 Å². The van der Waals surface area contributed by atoms with Crippen LogP contribution in [0.5, 0.6) is 0 Å². The fourth-order valence-corrected chi connectivity index (χ4v) is 2.04. The largest absolute Gasteiger partial charge is 0.478 e. The minimum absolute atomic E-state index is 0.0839. The summed E-state index contributed by atoms with van der Waals surface area (Å²) in [6, 6.07) is 3.66. The van der Waals surface area contributed by atoms with E-state index in [1.807, 2.05) is 0 Å². The zero-order valence-electron chi connectivity index (χ0n) is 10.5. The van der Waals surface area contributed by atoms with E-state index in [4.69, 9.17) is 5.11 Å². The monoisotopic (exact) mass is 280 g/mol. The van der Waals surface area contributed by atoms with Crippen molar-refractivity contribution in [1.29, 1.82) is 0 Å². The summed E-state index contributed by atoms with van der Waals surface area (Å²) in [5, 5.41) is 13.9. The summed E-state index contributed by atoms with van der Waals surface area (Å²) in [7, 11) is 0. The van der Waals surface area contributed by atoms with Crippen molar-refractivity contribution in [3.8, 4) is 0 Å². The molecule has 1 unspecified atom stereocenters. The molecule has 1 saturated heterocycles. The highest BCUT2D eigenvalue weighted by Gasteiger charge is 2.26. The maximum absolute atomic E-state index is 13.5. The van der Waals surface area contributed by atoms with E-state index in [1.54, 1.807) is 0 Å². The molecule has 2 rings (SSSR count). The number of anilines is 1. The molecule has 3 N–H and O–H groups in total. The molecule has 1 fully saturated rings. The van der Waals surface area contributed by atoms with Crippen LogP contribution in [-0.4, -0.2) is 29.4 Å². The van der Waals surface area contributed by atoms with Crippen LogP contribution in [0.15, 0.2) is 18.2 Å². The number of carboxylic acids is 1. The molecule has 20 heavy (non-hydrogen) atoms. The highest BCUT2D eigenvalue weighted by atomic mass is 19.1. The Balaban J connectivity index is 2.14. The van der Waals surface area contributed by atoms with Crippen molar-refractivity contribution in [3.05, 3.63) is 29.6 Å². The Hall–Kier alpha value is -2.44. The standard InChI is InChI=1S/C13H13FN2O4/c14-8-2-1-3-9(11(8)13(19)20)16-12(18)7-4-5-10(17)15-6-7/h1-3,7H,4-6H2,(H,15,17)(H,16,18)(H,19,20). The Morgan fingerprint density at radius 1 is 1.40 bits per heavy atom. The van der Waals surface area contributed by atoms with Gasteiger partial charge in [-0.1, -0.05) is 6.07 Å². The molecular formula is C13H13FN2O4. The molecule has 0 aliphatic carbocycles. The van der Waals surface area contributed by atoms with Crippen molar-refractivity contribution < 1.29 is 23.9 Å². The van der Waals surface area contributed by atoms with Gasteiger partial charge in [0.25, 0.3) is 0 Å². The van der Waals surface area contributed by atoms with Crippen LogP contribution in [0, 0.1) is 11.7 Å². The Bertz CT molecular complexity index is 563. The molecule has 106 valence electrons. The quantitative estimate of drug-likeness (QED) is 0.769. The number of benzene rings is 1. The number of hydrogen-bond acceptors (Lipinski definition) is 3. The number of carbonyl (C=O) groups excluding carboxylic acids is 2. The third kappa shape index (κ3) is 2.93. The summed E-state index contributed by atoms with van der Waals surface area (Å²) in [4.78, 5) is 34.0. The van der Waals surface area contributed by atoms with Crippen LogP contribution >= 0.6 is 0 Å². The number of hydrogen-bond donors (Lipinski definition) is 3. The van der Waals surface area contributed by atoms with Gasteiger partial charge in [0, 0.05) is 13.0 Å². The normalized spacial score (nSPS) is 18.2. The van der Waals surface area contributed by atoms with Crippen LogP contribution in [0.4, 0.5) is 10.1 Å². The first kappa shape index (κ1) is 14.0. The van der Waals surface area contributed by atoms with Gasteiger partial charge in [-0.2, -0.15) is 0 Å². The number of carbonyl (C=O) groups is 3. The summed E-state index contributed by atoms with van der Waals surface area (Å²) in [5.74, 6) is -3.36. The molecule has 0 saturated carbocycles. The third-order valence-corrected chi connectivity index (χ3v) is 3.12. The number of halogens is 1. The molecule has 6 nitrogen and oxygen atoms in total. The molecule has 1 aliphatic rings. The van der Waals surface area contributed by atoms with Crippen LogP contribution in [0.1, 0.15) is 23.2 Å². The van der Waals surface area contributed by atoms with Crippen molar-refractivity contribution >= 4 is 23.5 Å². The van der Waals surface area contributed by atoms with E-state index in [2.05, 4.69) is 10.6 Å². The van der Waals surface area contributed by atoms with Gasteiger partial charge in [0.05, 0.1) is 11.6 Å². The van der Waals surface area contributed by atoms with E-state index in [1.165, 1.54) is 12.1 Å². The van der Waals surface area contributed by atoms with Crippen LogP contribution in [0.25, 0.3) is 0 Å². The number of amides is 2. The molecule has 1 aliphatic heterocycles. The zero-order chi connectivity index (χ0) is 14.7. The van der Waals surface area contributed by atoms with E-state index < -0.39 is 29.2 Å². The molecule has 0 aromatic heterocycles. The number of carboxylic acid groups (broad SMARTS) is 1. The Kier molecular flexibility index (Phi) is 3.97. The summed E-state index contributed by atoms with van der Waals surface area (Å²) in [6.07, 6.45) is 0.627. The molecule has 2 amide bonds. The fraction of sp³-hybridized carbons (Fsp3) is 0.308. The smallest absolute Gasteiger partial charge is 0.340 e. The van der Waals surface area contributed by atoms with Gasteiger partial charge < -0.3 is 15.7 Å². The van der Waals surface area contributed by atoms with E-state index in [-0.39, 0.29) is 24.6 Å². The predicted molar refractivity (Wildman–Crippen MR) is 67.7 cm³/mol. The van der Waals surface area contributed by atoms with Gasteiger partial charge in [-0.25, -0.2) is 9.18 Å². The Morgan fingerprint density at radius 2 is 2.15 bits per heavy atom. The van der Waals surface area contributed by atoms with Gasteiger partial charge in [-0.05, 0) is 18.6 Å². The van der Waals surface area contributed by atoms with E-state index in [0.717, 1.165) is 6.07 Å². The minimum Gasteiger partial charge on any atom is -0.478 e. The van der Waals surface area contributed by atoms with Crippen LogP contribution < -0.4 is 10.6 Å². The second-order valence-corrected chi connectivity index (χ2v) is 4.50. The fourth-order valence-electron chi connectivity index (χ4n) is 2.04. The van der Waals surface area contributed by atoms with Crippen LogP contribution in [0.3, 0.4) is 0 Å². The first-order valence-electron chi connectivity index (χ1n) is 6.08. The van der Waals surface area contributed by atoms with E-state index in [0.29, 0.717) is 6.42 Å². The number of rotatable bonds is 3. The highest BCUT2D eigenvalue weighted by molar-refractivity contribution is 6.01. The van der Waals surface area contributed by atoms with Gasteiger partial charge in [0.15, 0.2) is 0 Å². The predicted octanol–water partition coefficient (Wildman–Crippen LogP) is 0.989. The maximum atomic E-state index is 13.5. The third-order valence-electron chi connectivity index (χ3n) is 3.12. The number of piperidine rings is 1. The summed E-state index contributed by atoms with van der Waals surface area (Å²) in [5.41, 5.74) is -0.653. The molecule has 1 heterocycles. The first-order chi connectivity index (χ1) is 9.49. The van der Waals surface area contributed by atoms with Crippen molar-refractivity contribution in [2.45, 2.75) is 12.8 Å². The Labute approximate surface area is 114 Å². The van der Waals surface area contributed by atoms with Gasteiger partial charge in [0.2, 0.25) is 11.8 Å². The zero-order valence-corrected chi connectivity index (χ0v) is 10.5. The summed E-state index contributed by atoms with van der Waals surface area (Å²) >= 11 is 0. The molecule has 7 heteroatoms. The van der Waals surface area contributed by atoms with E-state index >= 15 is 0 Å². The molecular weight excluding hydrogens is 267 g/mol. The van der Waals surface area contributed by atoms with Crippen molar-refractivity contribution in [2.24, 2.45) is 5.92 Å². The molecule has 1 aromatic rings. The second-order valence-electron chi connectivity index (χ2n) is 4.50. The van der Waals surface area contributed by atoms with Crippen molar-refractivity contribution in [3.63, 3.8) is 0 Å². The Morgan fingerprint density at radius 3 is 2.75 bits per heavy atom. The minimum atomic E-state index is -1.45. The highest BCUT2D eigenvalue weighted by Crippen LogP contribution is 2.21. The van der Waals surface area contributed by atoms with Gasteiger partial charge in [-0.3, -0.25) is 9.59 Å². The van der Waals surface area contributed by atoms with Gasteiger partial charge in [0.1, 0.15) is 11.4 Å². The first-order valence-corrected chi connectivity index (χ1v) is 6.08. The molecule has 0 bridgehead atoms. The molecule has 0 radical (unpaired) electrons. The van der Waals surface area contributed by atoms with Gasteiger partial charge in [-0.15, -0.1) is 0 Å². The maximum Gasteiger partial charge on any atom is 0.340 e. The SMILES string of the molecule is O=C1CCC(C(=O)Nc2cccc(F)c2C(=O)O)CN1. The summed E-state index contributed by atoms with van der Waals surface area (Å²) in [6.45, 7) is 0.197. The average molecular weight is 280 g/mol. The topological polar surface area (TPSA) is 95.5 Å². The average Bonchev–Trinajstić information content (AvgIpc) is 2.39. The van der Waals surface area contributed by atoms with E-state index in [9.17, 15) is 18.8 Å². The number of aromatic carboxylic acids is 1. The van der Waals surface area contributed by atoms with Crippen molar-refractivity contribution in [2.75, 3.05) is 11.9 Å². The lowest BCUT2D eigenvalue weighted by Gasteiger charge is -2.22. The molecule has 1 aromatic carbocycles. The molecule has 1 atom stereocenters. The van der Waals surface area contributed by atoms with Gasteiger partial charge >= 0.3 is 5.97 Å². The van der Waals surface area contributed by atoms with Crippen LogP contribution in [0.2, 0.25) is 0 Å². The lowest BCUT2D eigenvalue weighted by Crippen LogP contribution is -2.40. The lowest BCUT2D eigenvalue weighted by atomic mass is 9.98. The lowest BCUT2D eigenvalue weighted by molar-refractivity contribution is -0.126. The molecule has 0 spiro atoms. The van der Waals surface area contributed by atoms with Crippen molar-refractivity contribution in [1.82, 2.24) is 5.32 Å².